The minimum Gasteiger partial charge on any atom is -0.388 e. The summed E-state index contributed by atoms with van der Waals surface area (Å²) in [5.41, 5.74) is 5.48. The summed E-state index contributed by atoms with van der Waals surface area (Å²) < 4.78 is 67.3. The molecule has 0 aliphatic carbocycles. The van der Waals surface area contributed by atoms with Gasteiger partial charge in [-0.05, 0) is 90.0 Å². The van der Waals surface area contributed by atoms with Crippen molar-refractivity contribution in [3.05, 3.63) is 113 Å². The zero-order chi connectivity index (χ0) is 27.5. The summed E-state index contributed by atoms with van der Waals surface area (Å²) in [6.07, 6.45) is 0.630. The molecule has 0 radical (unpaired) electrons. The molecule has 0 unspecified atom stereocenters. The first-order chi connectivity index (χ1) is 17.9. The lowest BCUT2D eigenvalue weighted by molar-refractivity contribution is 0.480. The molecule has 8 nitrogen and oxygen atoms in total. The predicted octanol–water partition coefficient (Wildman–Crippen LogP) is 5.46. The molecule has 0 fully saturated rings. The first-order valence-electron chi connectivity index (χ1n) is 11.7. The topological polar surface area (TPSA) is 133 Å². The van der Waals surface area contributed by atoms with Gasteiger partial charge >= 0.3 is 0 Å². The first-order valence-corrected chi connectivity index (χ1v) is 14.6. The molecule has 0 aliphatic heterocycles. The van der Waals surface area contributed by atoms with Crippen LogP contribution in [0, 0.1) is 6.92 Å². The van der Waals surface area contributed by atoms with Gasteiger partial charge in [0.25, 0.3) is 20.2 Å². The van der Waals surface area contributed by atoms with Crippen LogP contribution in [0.25, 0.3) is 0 Å². The fourth-order valence-corrected chi connectivity index (χ4v) is 5.72. The van der Waals surface area contributed by atoms with Crippen molar-refractivity contribution < 1.29 is 25.9 Å². The Balaban J connectivity index is 1.53. The molecule has 0 spiro atoms. The van der Waals surface area contributed by atoms with Crippen molar-refractivity contribution in [3.63, 3.8) is 0 Å². The molecule has 0 heterocycles. The quantitative estimate of drug-likeness (QED) is 0.201. The number of anilines is 3. The van der Waals surface area contributed by atoms with Crippen LogP contribution in [0.3, 0.4) is 0 Å². The Hall–Kier alpha value is -3.70. The Kier molecular flexibility index (Phi) is 7.89. The minimum atomic E-state index is -4.46. The summed E-state index contributed by atoms with van der Waals surface area (Å²) in [5, 5.41) is 6.17. The van der Waals surface area contributed by atoms with Crippen LogP contribution in [0.5, 0.6) is 0 Å². The zero-order valence-electron chi connectivity index (χ0n) is 20.8. The SMILES string of the molecule is CNc1ccc(Cc2ccc(Nc3ccc(Cc4ccc(C)cc4S(=O)(=O)O)cc3)cc2S(=O)(=O)O)cc1. The van der Waals surface area contributed by atoms with E-state index in [2.05, 4.69) is 10.6 Å². The molecule has 38 heavy (non-hydrogen) atoms. The third kappa shape index (κ3) is 6.78. The van der Waals surface area contributed by atoms with Gasteiger partial charge in [-0.1, -0.05) is 42.5 Å². The van der Waals surface area contributed by atoms with Crippen LogP contribution in [0.2, 0.25) is 0 Å². The lowest BCUT2D eigenvalue weighted by atomic mass is 10.0. The van der Waals surface area contributed by atoms with Crippen molar-refractivity contribution in [1.82, 2.24) is 0 Å². The van der Waals surface area contributed by atoms with E-state index in [9.17, 15) is 25.9 Å². The van der Waals surface area contributed by atoms with Gasteiger partial charge in [0.2, 0.25) is 0 Å². The minimum absolute atomic E-state index is 0.115. The molecule has 0 aliphatic rings. The molecule has 198 valence electrons. The molecule has 4 N–H and O–H groups in total. The maximum Gasteiger partial charge on any atom is 0.294 e. The normalized spacial score (nSPS) is 11.8. The lowest BCUT2D eigenvalue weighted by Gasteiger charge is -2.13. The predicted molar refractivity (Wildman–Crippen MR) is 149 cm³/mol. The van der Waals surface area contributed by atoms with Crippen molar-refractivity contribution >= 4 is 37.3 Å². The molecular formula is C28H28N2O6S2. The smallest absolute Gasteiger partial charge is 0.294 e. The highest BCUT2D eigenvalue weighted by Gasteiger charge is 2.18. The third-order valence-corrected chi connectivity index (χ3v) is 7.99. The zero-order valence-corrected chi connectivity index (χ0v) is 22.5. The van der Waals surface area contributed by atoms with Crippen LogP contribution >= 0.6 is 0 Å². The van der Waals surface area contributed by atoms with Crippen molar-refractivity contribution in [2.24, 2.45) is 0 Å². The molecule has 0 atom stereocenters. The van der Waals surface area contributed by atoms with Crippen molar-refractivity contribution in [2.45, 2.75) is 29.6 Å². The molecule has 0 aromatic heterocycles. The number of nitrogens with one attached hydrogen (secondary N) is 2. The van der Waals surface area contributed by atoms with E-state index in [1.807, 2.05) is 43.4 Å². The van der Waals surface area contributed by atoms with Gasteiger partial charge in [0.1, 0.15) is 0 Å². The largest absolute Gasteiger partial charge is 0.388 e. The highest BCUT2D eigenvalue weighted by molar-refractivity contribution is 7.86. The number of hydrogen-bond acceptors (Lipinski definition) is 6. The van der Waals surface area contributed by atoms with Gasteiger partial charge in [-0.3, -0.25) is 9.11 Å². The Labute approximate surface area is 222 Å². The van der Waals surface area contributed by atoms with Crippen LogP contribution in [0.15, 0.2) is 94.7 Å². The Morgan fingerprint density at radius 2 is 1.05 bits per heavy atom. The molecule has 0 bridgehead atoms. The van der Waals surface area contributed by atoms with Crippen LogP contribution < -0.4 is 10.6 Å². The van der Waals surface area contributed by atoms with E-state index in [-0.39, 0.29) is 9.79 Å². The van der Waals surface area contributed by atoms with Crippen molar-refractivity contribution in [1.29, 1.82) is 0 Å². The molecule has 10 heteroatoms. The fraction of sp³-hybridized carbons (Fsp3) is 0.143. The molecular weight excluding hydrogens is 524 g/mol. The van der Waals surface area contributed by atoms with Gasteiger partial charge in [-0.2, -0.15) is 16.8 Å². The second-order valence-corrected chi connectivity index (χ2v) is 11.8. The summed E-state index contributed by atoms with van der Waals surface area (Å²) in [6.45, 7) is 1.75. The van der Waals surface area contributed by atoms with E-state index in [4.69, 9.17) is 0 Å². The summed E-state index contributed by atoms with van der Waals surface area (Å²) >= 11 is 0. The second-order valence-electron chi connectivity index (χ2n) is 9.01. The van der Waals surface area contributed by atoms with Gasteiger partial charge in [0.15, 0.2) is 0 Å². The Morgan fingerprint density at radius 3 is 1.55 bits per heavy atom. The van der Waals surface area contributed by atoms with Gasteiger partial charge < -0.3 is 10.6 Å². The van der Waals surface area contributed by atoms with E-state index >= 15 is 0 Å². The van der Waals surface area contributed by atoms with Crippen LogP contribution in [-0.4, -0.2) is 33.0 Å². The lowest BCUT2D eigenvalue weighted by Crippen LogP contribution is -2.05. The third-order valence-electron chi connectivity index (χ3n) is 6.12. The maximum atomic E-state index is 12.1. The molecule has 4 rings (SSSR count). The fourth-order valence-electron chi connectivity index (χ4n) is 4.17. The van der Waals surface area contributed by atoms with Gasteiger partial charge in [0, 0.05) is 24.1 Å². The van der Waals surface area contributed by atoms with Gasteiger partial charge in [-0.15, -0.1) is 0 Å². The Morgan fingerprint density at radius 1 is 0.605 bits per heavy atom. The number of benzene rings is 4. The summed E-state index contributed by atoms with van der Waals surface area (Å²) in [5.74, 6) is 0. The number of aryl methyl sites for hydroxylation is 1. The molecule has 0 saturated carbocycles. The van der Waals surface area contributed by atoms with Crippen LogP contribution in [0.4, 0.5) is 17.1 Å². The van der Waals surface area contributed by atoms with Crippen molar-refractivity contribution in [2.75, 3.05) is 17.7 Å². The Bertz CT molecular complexity index is 1670. The summed E-state index contributed by atoms with van der Waals surface area (Å²) in [6, 6.07) is 24.4. The van der Waals surface area contributed by atoms with E-state index in [1.54, 1.807) is 43.3 Å². The maximum absolute atomic E-state index is 12.1. The van der Waals surface area contributed by atoms with Crippen LogP contribution in [-0.2, 0) is 33.1 Å². The van der Waals surface area contributed by atoms with E-state index in [1.165, 1.54) is 12.1 Å². The molecule has 4 aromatic carbocycles. The first kappa shape index (κ1) is 27.3. The van der Waals surface area contributed by atoms with Crippen LogP contribution in [0.1, 0.15) is 27.8 Å². The second kappa shape index (κ2) is 11.0. The van der Waals surface area contributed by atoms with E-state index < -0.39 is 20.2 Å². The average molecular weight is 553 g/mol. The average Bonchev–Trinajstić information content (AvgIpc) is 2.86. The molecule has 0 amide bonds. The van der Waals surface area contributed by atoms with Gasteiger partial charge in [-0.25, -0.2) is 0 Å². The standard InChI is InChI=1S/C28H28N2O6S2/c1-19-3-8-22(27(15-19)37(31,32)33)16-21-6-12-25(13-7-21)30-26-14-9-23(28(18-26)38(34,35)36)17-20-4-10-24(29-2)11-5-20/h3-15,18,29-30H,16-17H2,1-2H3,(H,31,32,33)(H,34,35,36). The van der Waals surface area contributed by atoms with E-state index in [0.29, 0.717) is 35.3 Å². The highest BCUT2D eigenvalue weighted by atomic mass is 32.2. The molecule has 4 aromatic rings. The van der Waals surface area contributed by atoms with Crippen molar-refractivity contribution in [3.8, 4) is 0 Å². The van der Waals surface area contributed by atoms with E-state index in [0.717, 1.165) is 22.4 Å². The van der Waals surface area contributed by atoms with Gasteiger partial charge in [0.05, 0.1) is 9.79 Å². The summed E-state index contributed by atoms with van der Waals surface area (Å²) in [4.78, 5) is -0.288. The number of hydrogen-bond donors (Lipinski definition) is 4. The monoisotopic (exact) mass is 552 g/mol. The highest BCUT2D eigenvalue weighted by Crippen LogP contribution is 2.27. The number of rotatable bonds is 9. The molecule has 0 saturated heterocycles. The summed E-state index contributed by atoms with van der Waals surface area (Å²) in [7, 11) is -7.00.